The summed E-state index contributed by atoms with van der Waals surface area (Å²) in [7, 11) is 1.91. The predicted molar refractivity (Wildman–Crippen MR) is 141 cm³/mol. The molecule has 1 N–H and O–H groups in total. The van der Waals surface area contributed by atoms with Gasteiger partial charge in [-0.3, -0.25) is 4.98 Å². The zero-order valence-electron chi connectivity index (χ0n) is 21.1. The van der Waals surface area contributed by atoms with Crippen molar-refractivity contribution < 1.29 is 9.84 Å². The van der Waals surface area contributed by atoms with Crippen LogP contribution in [0.5, 0.6) is 0 Å². The Balaban J connectivity index is 1.70. The summed E-state index contributed by atoms with van der Waals surface area (Å²) >= 11 is 0. The summed E-state index contributed by atoms with van der Waals surface area (Å²) in [6.45, 7) is 7.11. The molecule has 0 aliphatic carbocycles. The summed E-state index contributed by atoms with van der Waals surface area (Å²) in [6.07, 6.45) is 2.90. The van der Waals surface area contributed by atoms with Gasteiger partial charge in [-0.05, 0) is 50.5 Å². The summed E-state index contributed by atoms with van der Waals surface area (Å²) < 4.78 is 10.1. The highest BCUT2D eigenvalue weighted by Crippen LogP contribution is 2.41. The third kappa shape index (κ3) is 3.70. The van der Waals surface area contributed by atoms with Crippen LogP contribution in [0.3, 0.4) is 0 Å². The van der Waals surface area contributed by atoms with Gasteiger partial charge in [0.25, 0.3) is 0 Å². The van der Waals surface area contributed by atoms with Gasteiger partial charge in [0.05, 0.1) is 46.2 Å². The lowest BCUT2D eigenvalue weighted by atomic mass is 9.91. The van der Waals surface area contributed by atoms with Crippen molar-refractivity contribution in [2.75, 3.05) is 13.2 Å². The quantitative estimate of drug-likeness (QED) is 0.376. The van der Waals surface area contributed by atoms with Gasteiger partial charge in [-0.2, -0.15) is 0 Å². The Hall–Kier alpha value is -3.55. The second-order valence-electron chi connectivity index (χ2n) is 10.4. The fourth-order valence-corrected chi connectivity index (χ4v) is 5.66. The predicted octanol–water partition coefficient (Wildman–Crippen LogP) is 5.15. The van der Waals surface area contributed by atoms with Crippen LogP contribution in [0.25, 0.3) is 33.2 Å². The molecule has 1 fully saturated rings. The highest BCUT2D eigenvalue weighted by Gasteiger charge is 2.32. The minimum atomic E-state index is -0.954. The molecule has 2 unspecified atom stereocenters. The van der Waals surface area contributed by atoms with E-state index in [0.717, 1.165) is 57.5 Å². The van der Waals surface area contributed by atoms with Crippen LogP contribution in [0.4, 0.5) is 0 Å². The van der Waals surface area contributed by atoms with Crippen LogP contribution in [-0.2, 0) is 17.4 Å². The van der Waals surface area contributed by atoms with Crippen LogP contribution in [0.1, 0.15) is 43.1 Å². The molecule has 1 saturated heterocycles. The molecular weight excluding hydrogens is 450 g/mol. The lowest BCUT2D eigenvalue weighted by Crippen LogP contribution is -2.21. The van der Waals surface area contributed by atoms with Gasteiger partial charge >= 0.3 is 0 Å². The smallest absolute Gasteiger partial charge is 0.0960 e. The van der Waals surface area contributed by atoms with E-state index in [-0.39, 0.29) is 6.04 Å². The first-order valence-electron chi connectivity index (χ1n) is 12.5. The molecule has 1 aliphatic rings. The van der Waals surface area contributed by atoms with Crippen molar-refractivity contribution >= 4 is 21.9 Å². The van der Waals surface area contributed by atoms with Crippen LogP contribution in [-0.4, -0.2) is 42.9 Å². The Bertz CT molecular complexity index is 1540. The van der Waals surface area contributed by atoms with Crippen molar-refractivity contribution in [1.82, 2.24) is 24.5 Å². The number of ether oxygens (including phenoxy) is 1. The first-order valence-corrected chi connectivity index (χ1v) is 12.5. The van der Waals surface area contributed by atoms with Crippen molar-refractivity contribution in [2.45, 2.75) is 38.8 Å². The molecule has 0 saturated carbocycles. The van der Waals surface area contributed by atoms with Crippen LogP contribution in [0, 0.1) is 12.8 Å². The number of nitrogens with zero attached hydrogens (tertiary/aromatic N) is 5. The van der Waals surface area contributed by atoms with Gasteiger partial charge in [-0.15, -0.1) is 5.10 Å². The Morgan fingerprint density at radius 2 is 1.89 bits per heavy atom. The van der Waals surface area contributed by atoms with Crippen LogP contribution < -0.4 is 0 Å². The maximum Gasteiger partial charge on any atom is 0.0960 e. The number of aromatic nitrogens is 5. The zero-order chi connectivity index (χ0) is 25.0. The topological polar surface area (TPSA) is 78.0 Å². The average Bonchev–Trinajstić information content (AvgIpc) is 3.58. The average molecular weight is 482 g/mol. The lowest BCUT2D eigenvalue weighted by molar-refractivity contribution is 0.0787. The zero-order valence-corrected chi connectivity index (χ0v) is 21.1. The fraction of sp³-hybridized carbons (Fsp3) is 0.345. The number of hydrogen-bond acceptors (Lipinski definition) is 5. The molecule has 2 aromatic carbocycles. The minimum Gasteiger partial charge on any atom is -0.386 e. The van der Waals surface area contributed by atoms with Gasteiger partial charge < -0.3 is 14.4 Å². The number of rotatable bonds is 5. The standard InChI is InChI=1S/C29H31N5O2/c1-18-27(33(4)32-31-18)21-14-25-26(30-16-21)23-11-10-22(29(2,3)35)15-24(23)34(25)28(20-12-13-36-17-20)19-8-6-5-7-9-19/h5-11,14-16,20,28,35H,12-13,17H2,1-4H3. The molecule has 184 valence electrons. The van der Waals surface area contributed by atoms with E-state index in [4.69, 9.17) is 9.72 Å². The number of hydrogen-bond donors (Lipinski definition) is 1. The molecule has 4 heterocycles. The SMILES string of the molecule is Cc1nnn(C)c1-c1cnc2c3ccc(C(C)(C)O)cc3n(C(c3ccccc3)C3CCOC3)c2c1. The maximum absolute atomic E-state index is 10.9. The largest absolute Gasteiger partial charge is 0.386 e. The normalized spacial score (nSPS) is 17.3. The van der Waals surface area contributed by atoms with E-state index in [1.807, 2.05) is 40.1 Å². The molecule has 6 rings (SSSR count). The van der Waals surface area contributed by atoms with Crippen molar-refractivity contribution in [3.05, 3.63) is 77.6 Å². The van der Waals surface area contributed by atoms with Crippen molar-refractivity contribution in [1.29, 1.82) is 0 Å². The summed E-state index contributed by atoms with van der Waals surface area (Å²) in [5.74, 6) is 0.320. The number of aliphatic hydroxyl groups is 1. The Morgan fingerprint density at radius 3 is 2.56 bits per heavy atom. The number of aryl methyl sites for hydroxylation is 2. The number of fused-ring (bicyclic) bond motifs is 3. The van der Waals surface area contributed by atoms with Crippen molar-refractivity contribution in [2.24, 2.45) is 13.0 Å². The van der Waals surface area contributed by atoms with Gasteiger partial charge in [-0.1, -0.05) is 47.7 Å². The van der Waals surface area contributed by atoms with Crippen molar-refractivity contribution in [3.8, 4) is 11.3 Å². The molecule has 0 bridgehead atoms. The Morgan fingerprint density at radius 1 is 1.08 bits per heavy atom. The highest BCUT2D eigenvalue weighted by atomic mass is 16.5. The molecular formula is C29H31N5O2. The first kappa shape index (κ1) is 22.9. The molecule has 0 spiro atoms. The maximum atomic E-state index is 10.9. The van der Waals surface area contributed by atoms with Gasteiger partial charge in [0.15, 0.2) is 0 Å². The summed E-state index contributed by atoms with van der Waals surface area (Å²) in [5.41, 5.74) is 7.03. The summed E-state index contributed by atoms with van der Waals surface area (Å²) in [4.78, 5) is 4.98. The molecule has 1 aliphatic heterocycles. The molecule has 7 heteroatoms. The minimum absolute atomic E-state index is 0.0635. The van der Waals surface area contributed by atoms with Gasteiger partial charge in [-0.25, -0.2) is 4.68 Å². The van der Waals surface area contributed by atoms with E-state index in [9.17, 15) is 5.11 Å². The molecule has 7 nitrogen and oxygen atoms in total. The lowest BCUT2D eigenvalue weighted by Gasteiger charge is -2.27. The van der Waals surface area contributed by atoms with E-state index in [1.165, 1.54) is 5.56 Å². The Labute approximate surface area is 210 Å². The molecule has 0 radical (unpaired) electrons. The van der Waals surface area contributed by atoms with E-state index in [2.05, 4.69) is 63.4 Å². The van der Waals surface area contributed by atoms with Crippen molar-refractivity contribution in [3.63, 3.8) is 0 Å². The number of benzene rings is 2. The highest BCUT2D eigenvalue weighted by molar-refractivity contribution is 6.07. The van der Waals surface area contributed by atoms with Gasteiger partial charge in [0, 0.05) is 36.7 Å². The summed E-state index contributed by atoms with van der Waals surface area (Å²) in [6, 6.07) is 19.2. The second-order valence-corrected chi connectivity index (χ2v) is 10.4. The van der Waals surface area contributed by atoms with Crippen LogP contribution >= 0.6 is 0 Å². The Kier molecular flexibility index (Phi) is 5.43. The molecule has 5 aromatic rings. The molecule has 0 amide bonds. The van der Waals surface area contributed by atoms with Gasteiger partial charge in [0.2, 0.25) is 0 Å². The van der Waals surface area contributed by atoms with Gasteiger partial charge in [0.1, 0.15) is 0 Å². The van der Waals surface area contributed by atoms with E-state index < -0.39 is 5.60 Å². The second kappa shape index (κ2) is 8.54. The fourth-order valence-electron chi connectivity index (χ4n) is 5.66. The molecule has 2 atom stereocenters. The third-order valence-electron chi connectivity index (χ3n) is 7.45. The van der Waals surface area contributed by atoms with Crippen LogP contribution in [0.15, 0.2) is 60.8 Å². The monoisotopic (exact) mass is 481 g/mol. The van der Waals surface area contributed by atoms with E-state index in [0.29, 0.717) is 12.5 Å². The molecule has 3 aromatic heterocycles. The van der Waals surface area contributed by atoms with Crippen LogP contribution in [0.2, 0.25) is 0 Å². The number of pyridine rings is 1. The first-order chi connectivity index (χ1) is 17.3. The molecule has 36 heavy (non-hydrogen) atoms. The van der Waals surface area contributed by atoms with E-state index in [1.54, 1.807) is 4.68 Å². The summed E-state index contributed by atoms with van der Waals surface area (Å²) in [5, 5.41) is 20.4. The third-order valence-corrected chi connectivity index (χ3v) is 7.45. The van der Waals surface area contributed by atoms with E-state index >= 15 is 0 Å².